The van der Waals surface area contributed by atoms with Gasteiger partial charge in [0, 0.05) is 12.2 Å². The predicted octanol–water partition coefficient (Wildman–Crippen LogP) is 3.47. The summed E-state index contributed by atoms with van der Waals surface area (Å²) >= 11 is 5.35. The topological polar surface area (TPSA) is 27.3 Å². The maximum absolute atomic E-state index is 5.35. The number of hydrogen-bond acceptors (Lipinski definition) is 2. The van der Waals surface area contributed by atoms with E-state index in [0.717, 1.165) is 23.8 Å². The zero-order valence-electron chi connectivity index (χ0n) is 13.2. The van der Waals surface area contributed by atoms with E-state index in [0.29, 0.717) is 0 Å². The van der Waals surface area contributed by atoms with Gasteiger partial charge in [-0.25, -0.2) is 0 Å². The van der Waals surface area contributed by atoms with E-state index >= 15 is 0 Å². The molecule has 0 saturated carbocycles. The molecule has 0 radical (unpaired) electrons. The second-order valence-electron chi connectivity index (χ2n) is 5.94. The van der Waals surface area contributed by atoms with Crippen LogP contribution in [-0.2, 0) is 0 Å². The molecule has 4 heteroatoms. The zero-order chi connectivity index (χ0) is 15.1. The van der Waals surface area contributed by atoms with Crippen LogP contribution in [0.5, 0.6) is 0 Å². The van der Waals surface area contributed by atoms with Crippen molar-refractivity contribution in [2.24, 2.45) is 0 Å². The summed E-state index contributed by atoms with van der Waals surface area (Å²) in [7, 11) is 0. The Morgan fingerprint density at radius 1 is 1.14 bits per heavy atom. The molecule has 0 aliphatic carbocycles. The number of benzene rings is 1. The largest absolute Gasteiger partial charge is 0.362 e. The first kappa shape index (κ1) is 16.2. The Hall–Kier alpha value is -1.13. The predicted molar refractivity (Wildman–Crippen MR) is 95.0 cm³/mol. The Morgan fingerprint density at radius 3 is 2.62 bits per heavy atom. The van der Waals surface area contributed by atoms with E-state index in [4.69, 9.17) is 12.2 Å². The lowest BCUT2D eigenvalue weighted by atomic mass is 10.1. The molecule has 2 N–H and O–H groups in total. The van der Waals surface area contributed by atoms with Crippen LogP contribution >= 0.6 is 12.2 Å². The molecular weight excluding hydrogens is 278 g/mol. The molecule has 1 fully saturated rings. The lowest BCUT2D eigenvalue weighted by Gasteiger charge is -2.26. The molecule has 1 saturated heterocycles. The summed E-state index contributed by atoms with van der Waals surface area (Å²) in [5.74, 6) is 0. The number of hydrogen-bond donors (Lipinski definition) is 2. The summed E-state index contributed by atoms with van der Waals surface area (Å²) in [6.45, 7) is 8.90. The summed E-state index contributed by atoms with van der Waals surface area (Å²) < 4.78 is 0. The molecular formula is C17H27N3S. The van der Waals surface area contributed by atoms with E-state index in [1.54, 1.807) is 0 Å². The molecule has 1 aliphatic heterocycles. The number of aryl methyl sites for hydroxylation is 2. The molecule has 116 valence electrons. The van der Waals surface area contributed by atoms with E-state index in [1.807, 2.05) is 0 Å². The Kier molecular flexibility index (Phi) is 6.46. The highest BCUT2D eigenvalue weighted by Gasteiger charge is 2.08. The molecule has 1 aromatic rings. The number of likely N-dealkylation sites (tertiary alicyclic amines) is 1. The number of nitrogens with one attached hydrogen (secondary N) is 2. The Bertz CT molecular complexity index is 467. The van der Waals surface area contributed by atoms with Crippen LogP contribution in [0.1, 0.15) is 36.8 Å². The van der Waals surface area contributed by atoms with Crippen molar-refractivity contribution in [2.75, 3.05) is 31.5 Å². The van der Waals surface area contributed by atoms with Crippen LogP contribution in [0.15, 0.2) is 18.2 Å². The van der Waals surface area contributed by atoms with Gasteiger partial charge in [0.2, 0.25) is 0 Å². The van der Waals surface area contributed by atoms with Crippen molar-refractivity contribution in [1.82, 2.24) is 10.2 Å². The highest BCUT2D eigenvalue weighted by molar-refractivity contribution is 7.80. The third-order valence-corrected chi connectivity index (χ3v) is 4.40. The van der Waals surface area contributed by atoms with Crippen molar-refractivity contribution in [1.29, 1.82) is 0 Å². The van der Waals surface area contributed by atoms with E-state index in [-0.39, 0.29) is 0 Å². The van der Waals surface area contributed by atoms with E-state index in [9.17, 15) is 0 Å². The van der Waals surface area contributed by atoms with Gasteiger partial charge in [0.15, 0.2) is 5.11 Å². The number of piperidine rings is 1. The van der Waals surface area contributed by atoms with Crippen molar-refractivity contribution in [3.05, 3.63) is 29.3 Å². The van der Waals surface area contributed by atoms with Gasteiger partial charge in [-0.2, -0.15) is 0 Å². The molecule has 0 spiro atoms. The van der Waals surface area contributed by atoms with Crippen LogP contribution in [0.3, 0.4) is 0 Å². The summed E-state index contributed by atoms with van der Waals surface area (Å²) in [6, 6.07) is 6.33. The van der Waals surface area contributed by atoms with Crippen LogP contribution in [0.25, 0.3) is 0 Å². The van der Waals surface area contributed by atoms with Crippen LogP contribution in [0, 0.1) is 13.8 Å². The molecule has 3 nitrogen and oxygen atoms in total. The normalized spacial score (nSPS) is 15.7. The van der Waals surface area contributed by atoms with Gasteiger partial charge < -0.3 is 15.5 Å². The van der Waals surface area contributed by atoms with Gasteiger partial charge in [0.1, 0.15) is 0 Å². The standard InChI is InChI=1S/C17H27N3S/c1-14-7-8-16(13-15(14)2)19-17(21)18-9-6-12-20-10-4-3-5-11-20/h7-8,13H,3-6,9-12H2,1-2H3,(H2,18,19,21). The molecule has 0 atom stereocenters. The van der Waals surface area contributed by atoms with Crippen molar-refractivity contribution >= 4 is 23.0 Å². The lowest BCUT2D eigenvalue weighted by molar-refractivity contribution is 0.227. The lowest BCUT2D eigenvalue weighted by Crippen LogP contribution is -2.34. The van der Waals surface area contributed by atoms with Crippen LogP contribution < -0.4 is 10.6 Å². The highest BCUT2D eigenvalue weighted by Crippen LogP contribution is 2.14. The molecule has 2 rings (SSSR count). The third kappa shape index (κ3) is 5.64. The van der Waals surface area contributed by atoms with Gasteiger partial charge in [-0.3, -0.25) is 0 Å². The monoisotopic (exact) mass is 305 g/mol. The average molecular weight is 305 g/mol. The van der Waals surface area contributed by atoms with Crippen molar-refractivity contribution in [2.45, 2.75) is 39.5 Å². The van der Waals surface area contributed by atoms with E-state index in [1.165, 1.54) is 50.0 Å². The fourth-order valence-corrected chi connectivity index (χ4v) is 2.90. The number of thiocarbonyl (C=S) groups is 1. The summed E-state index contributed by atoms with van der Waals surface area (Å²) in [4.78, 5) is 2.56. The van der Waals surface area contributed by atoms with E-state index in [2.05, 4.69) is 47.6 Å². The molecule has 1 aromatic carbocycles. The number of anilines is 1. The molecule has 0 bridgehead atoms. The molecule has 0 aromatic heterocycles. The van der Waals surface area contributed by atoms with Crippen molar-refractivity contribution < 1.29 is 0 Å². The highest BCUT2D eigenvalue weighted by atomic mass is 32.1. The minimum Gasteiger partial charge on any atom is -0.362 e. The Balaban J connectivity index is 1.63. The molecule has 1 aliphatic rings. The van der Waals surface area contributed by atoms with Gasteiger partial charge in [-0.1, -0.05) is 12.5 Å². The summed E-state index contributed by atoms with van der Waals surface area (Å²) in [5, 5.41) is 7.27. The smallest absolute Gasteiger partial charge is 0.170 e. The van der Waals surface area contributed by atoms with Crippen LogP contribution in [-0.4, -0.2) is 36.2 Å². The van der Waals surface area contributed by atoms with E-state index < -0.39 is 0 Å². The first-order valence-corrected chi connectivity index (χ1v) is 8.40. The molecule has 1 heterocycles. The molecule has 0 unspecified atom stereocenters. The second kappa shape index (κ2) is 8.35. The third-order valence-electron chi connectivity index (χ3n) is 4.15. The van der Waals surface area contributed by atoms with Gasteiger partial charge in [-0.15, -0.1) is 0 Å². The maximum Gasteiger partial charge on any atom is 0.170 e. The summed E-state index contributed by atoms with van der Waals surface area (Å²) in [6.07, 6.45) is 5.27. The zero-order valence-corrected chi connectivity index (χ0v) is 14.1. The minimum absolute atomic E-state index is 0.719. The van der Waals surface area contributed by atoms with Gasteiger partial charge in [0.25, 0.3) is 0 Å². The summed E-state index contributed by atoms with van der Waals surface area (Å²) in [5.41, 5.74) is 3.65. The van der Waals surface area contributed by atoms with Gasteiger partial charge in [-0.05, 0) is 88.2 Å². The quantitative estimate of drug-likeness (QED) is 0.643. The van der Waals surface area contributed by atoms with Gasteiger partial charge >= 0.3 is 0 Å². The second-order valence-corrected chi connectivity index (χ2v) is 6.34. The average Bonchev–Trinajstić information content (AvgIpc) is 2.49. The molecule has 0 amide bonds. The van der Waals surface area contributed by atoms with Crippen LogP contribution in [0.2, 0.25) is 0 Å². The van der Waals surface area contributed by atoms with Crippen molar-refractivity contribution in [3.8, 4) is 0 Å². The maximum atomic E-state index is 5.35. The Morgan fingerprint density at radius 2 is 1.90 bits per heavy atom. The fourth-order valence-electron chi connectivity index (χ4n) is 2.68. The number of rotatable bonds is 5. The van der Waals surface area contributed by atoms with Gasteiger partial charge in [0.05, 0.1) is 0 Å². The van der Waals surface area contributed by atoms with Crippen LogP contribution in [0.4, 0.5) is 5.69 Å². The first-order chi connectivity index (χ1) is 10.1. The molecule has 21 heavy (non-hydrogen) atoms. The minimum atomic E-state index is 0.719. The fraction of sp³-hybridized carbons (Fsp3) is 0.588. The SMILES string of the molecule is Cc1ccc(NC(=S)NCCCN2CCCCC2)cc1C. The number of nitrogens with zero attached hydrogens (tertiary/aromatic N) is 1. The first-order valence-electron chi connectivity index (χ1n) is 7.99. The van der Waals surface area contributed by atoms with Crippen molar-refractivity contribution in [3.63, 3.8) is 0 Å². The Labute approximate surface area is 134 Å².